The first-order valence-corrected chi connectivity index (χ1v) is 2.53. The lowest BCUT2D eigenvalue weighted by atomic mass is 11.4. The normalized spacial score (nSPS) is 12.0. The van der Waals surface area contributed by atoms with Gasteiger partial charge in [0.05, 0.1) is 0 Å². The molecule has 0 aromatic rings. The first-order valence-electron chi connectivity index (χ1n) is 1.38. The van der Waals surface area contributed by atoms with Gasteiger partial charge in [0.15, 0.2) is 0 Å². The van der Waals surface area contributed by atoms with E-state index < -0.39 is 5.34 Å². The number of rotatable bonds is 1. The molecule has 0 radical (unpaired) electrons. The molecule has 2 atom stereocenters. The lowest BCUT2D eigenvalue weighted by Crippen LogP contribution is -2.02. The summed E-state index contributed by atoms with van der Waals surface area (Å²) in [5.41, 5.74) is 0. The molecule has 4 heteroatoms. The van der Waals surface area contributed by atoms with Crippen LogP contribution in [0.1, 0.15) is 0 Å². The standard InChI is InChI=1S/C2H7FOP2/c1-4-2(3,5)6/h5-6H2,1H3. The van der Waals surface area contributed by atoms with Gasteiger partial charge in [-0.1, -0.05) is 18.5 Å². The second-order valence-corrected chi connectivity index (χ2v) is 3.14. The Balaban J connectivity index is 3.17. The van der Waals surface area contributed by atoms with Crippen LogP contribution in [0.25, 0.3) is 0 Å². The summed E-state index contributed by atoms with van der Waals surface area (Å²) in [7, 11) is 5.02. The minimum atomic E-state index is -1.62. The summed E-state index contributed by atoms with van der Waals surface area (Å²) in [6, 6.07) is 0. The zero-order chi connectivity index (χ0) is 5.21. The molecule has 6 heavy (non-hydrogen) atoms. The van der Waals surface area contributed by atoms with Gasteiger partial charge < -0.3 is 4.74 Å². The van der Waals surface area contributed by atoms with Gasteiger partial charge in [-0.2, -0.15) is 0 Å². The molecular weight excluding hydrogens is 121 g/mol. The van der Waals surface area contributed by atoms with Crippen LogP contribution in [0.15, 0.2) is 0 Å². The van der Waals surface area contributed by atoms with E-state index >= 15 is 0 Å². The highest BCUT2D eigenvalue weighted by Crippen LogP contribution is 2.27. The second-order valence-electron chi connectivity index (χ2n) is 0.902. The van der Waals surface area contributed by atoms with Crippen molar-refractivity contribution in [2.24, 2.45) is 0 Å². The Hall–Kier alpha value is 0.750. The minimum Gasteiger partial charge on any atom is -0.344 e. The molecule has 0 amide bonds. The van der Waals surface area contributed by atoms with Crippen LogP contribution >= 0.6 is 18.5 Å². The largest absolute Gasteiger partial charge is 0.344 e. The summed E-state index contributed by atoms with van der Waals surface area (Å²) in [4.78, 5) is 0. The van der Waals surface area contributed by atoms with Crippen LogP contribution in [0.4, 0.5) is 4.39 Å². The van der Waals surface area contributed by atoms with Crippen LogP contribution < -0.4 is 0 Å². The van der Waals surface area contributed by atoms with Gasteiger partial charge >= 0.3 is 0 Å². The number of ether oxygens (including phenoxy) is 1. The van der Waals surface area contributed by atoms with Crippen molar-refractivity contribution in [3.8, 4) is 0 Å². The summed E-state index contributed by atoms with van der Waals surface area (Å²) in [6.07, 6.45) is 0. The molecule has 0 aliphatic heterocycles. The van der Waals surface area contributed by atoms with Gasteiger partial charge in [0.1, 0.15) is 0 Å². The van der Waals surface area contributed by atoms with Crippen LogP contribution in [0, 0.1) is 0 Å². The highest BCUT2D eigenvalue weighted by molar-refractivity contribution is 7.38. The Morgan fingerprint density at radius 3 is 1.83 bits per heavy atom. The molecule has 38 valence electrons. The molecule has 0 saturated carbocycles. The Bertz CT molecular complexity index is 41.3. The quantitative estimate of drug-likeness (QED) is 0.478. The van der Waals surface area contributed by atoms with Crippen LogP contribution in [0.3, 0.4) is 0 Å². The van der Waals surface area contributed by atoms with Gasteiger partial charge in [-0.25, -0.2) is 4.39 Å². The zero-order valence-electron chi connectivity index (χ0n) is 3.44. The van der Waals surface area contributed by atoms with Gasteiger partial charge in [0, 0.05) is 7.11 Å². The van der Waals surface area contributed by atoms with Gasteiger partial charge in [0.25, 0.3) is 0 Å². The smallest absolute Gasteiger partial charge is 0.232 e. The maximum absolute atomic E-state index is 11.8. The maximum atomic E-state index is 11.8. The molecule has 0 rings (SSSR count). The van der Waals surface area contributed by atoms with E-state index in [0.29, 0.717) is 0 Å². The van der Waals surface area contributed by atoms with Crippen molar-refractivity contribution in [3.05, 3.63) is 0 Å². The van der Waals surface area contributed by atoms with Crippen molar-refractivity contribution in [2.75, 3.05) is 7.11 Å². The summed E-state index contributed by atoms with van der Waals surface area (Å²) in [5, 5.41) is -1.62. The van der Waals surface area contributed by atoms with E-state index in [1.807, 2.05) is 18.5 Å². The first kappa shape index (κ1) is 6.75. The average Bonchev–Trinajstić information content (AvgIpc) is 1.35. The Labute approximate surface area is 41.0 Å². The van der Waals surface area contributed by atoms with Crippen LogP contribution in [-0.2, 0) is 4.74 Å². The fourth-order valence-corrected chi connectivity index (χ4v) is 0. The van der Waals surface area contributed by atoms with E-state index in [9.17, 15) is 4.39 Å². The molecule has 1 nitrogen and oxygen atoms in total. The van der Waals surface area contributed by atoms with E-state index in [0.717, 1.165) is 0 Å². The zero-order valence-corrected chi connectivity index (χ0v) is 5.75. The SMILES string of the molecule is COC(F)(P)P. The van der Waals surface area contributed by atoms with Crippen molar-refractivity contribution in [3.63, 3.8) is 0 Å². The van der Waals surface area contributed by atoms with E-state index in [2.05, 4.69) is 4.74 Å². The average molecular weight is 128 g/mol. The highest BCUT2D eigenvalue weighted by atomic mass is 31.1. The molecule has 0 saturated heterocycles. The van der Waals surface area contributed by atoms with Crippen LogP contribution in [0.2, 0.25) is 0 Å². The van der Waals surface area contributed by atoms with Crippen LogP contribution in [-0.4, -0.2) is 12.4 Å². The molecule has 0 aromatic heterocycles. The summed E-state index contributed by atoms with van der Waals surface area (Å²) < 4.78 is 16.0. The lowest BCUT2D eigenvalue weighted by Gasteiger charge is -2.08. The van der Waals surface area contributed by atoms with Crippen LogP contribution in [0.5, 0.6) is 0 Å². The molecule has 2 unspecified atom stereocenters. The third-order valence-electron chi connectivity index (χ3n) is 0.313. The summed E-state index contributed by atoms with van der Waals surface area (Å²) in [6.45, 7) is 0. The maximum Gasteiger partial charge on any atom is 0.232 e. The summed E-state index contributed by atoms with van der Waals surface area (Å²) in [5.74, 6) is 0. The molecule has 0 aromatic carbocycles. The van der Waals surface area contributed by atoms with Gasteiger partial charge in [-0.3, -0.25) is 0 Å². The minimum absolute atomic E-state index is 1.29. The number of hydrogen-bond acceptors (Lipinski definition) is 1. The molecule has 0 bridgehead atoms. The number of alkyl halides is 1. The predicted octanol–water partition coefficient (Wildman–Crippen LogP) is 0.964. The predicted molar refractivity (Wildman–Crippen MR) is 30.3 cm³/mol. The molecule has 0 aliphatic rings. The van der Waals surface area contributed by atoms with E-state index in [1.54, 1.807) is 0 Å². The molecular formula is C2H7FOP2. The van der Waals surface area contributed by atoms with Crippen molar-refractivity contribution < 1.29 is 9.13 Å². The van der Waals surface area contributed by atoms with E-state index in [-0.39, 0.29) is 0 Å². The van der Waals surface area contributed by atoms with E-state index in [1.165, 1.54) is 7.11 Å². The molecule has 0 spiro atoms. The van der Waals surface area contributed by atoms with Crippen molar-refractivity contribution in [2.45, 2.75) is 5.34 Å². The third kappa shape index (κ3) is 4.75. The molecule has 0 fully saturated rings. The van der Waals surface area contributed by atoms with Gasteiger partial charge in [-0.05, 0) is 0 Å². The Morgan fingerprint density at radius 2 is 1.83 bits per heavy atom. The first-order chi connectivity index (χ1) is 2.56. The Kier molecular flexibility index (Phi) is 2.43. The Morgan fingerprint density at radius 1 is 1.67 bits per heavy atom. The number of methoxy groups -OCH3 is 1. The topological polar surface area (TPSA) is 9.23 Å². The fraction of sp³-hybridized carbons (Fsp3) is 1.00. The van der Waals surface area contributed by atoms with Crippen molar-refractivity contribution in [1.29, 1.82) is 0 Å². The number of halogens is 1. The summed E-state index contributed by atoms with van der Waals surface area (Å²) >= 11 is 0. The molecule has 0 N–H and O–H groups in total. The number of hydrogen-bond donors (Lipinski definition) is 0. The fourth-order valence-electron chi connectivity index (χ4n) is 0. The van der Waals surface area contributed by atoms with Gasteiger partial charge in [0.2, 0.25) is 5.34 Å². The van der Waals surface area contributed by atoms with Crippen molar-refractivity contribution in [1.82, 2.24) is 0 Å². The highest BCUT2D eigenvalue weighted by Gasteiger charge is 2.10. The van der Waals surface area contributed by atoms with Crippen molar-refractivity contribution >= 4 is 18.5 Å². The molecule has 0 heterocycles. The van der Waals surface area contributed by atoms with E-state index in [4.69, 9.17) is 0 Å². The lowest BCUT2D eigenvalue weighted by molar-refractivity contribution is 0.0376. The molecule has 0 aliphatic carbocycles. The third-order valence-corrected chi connectivity index (χ3v) is 0.784. The monoisotopic (exact) mass is 128 g/mol. The second kappa shape index (κ2) is 2.16. The van der Waals surface area contributed by atoms with Gasteiger partial charge in [-0.15, -0.1) is 0 Å².